The highest BCUT2D eigenvalue weighted by Gasteiger charge is 2.14. The molecule has 0 saturated heterocycles. The van der Waals surface area contributed by atoms with E-state index in [1.807, 2.05) is 12.1 Å². The second-order valence-electron chi connectivity index (χ2n) is 4.88. The van der Waals surface area contributed by atoms with Crippen LogP contribution < -0.4 is 10.1 Å². The summed E-state index contributed by atoms with van der Waals surface area (Å²) in [5.74, 6) is 0.975. The average Bonchev–Trinajstić information content (AvgIpc) is 2.43. The first kappa shape index (κ1) is 15.0. The molecular weight excluding hydrogens is 222 g/mol. The molecule has 2 atom stereocenters. The van der Waals surface area contributed by atoms with Crippen molar-refractivity contribution in [1.82, 2.24) is 5.32 Å². The van der Waals surface area contributed by atoms with E-state index >= 15 is 0 Å². The van der Waals surface area contributed by atoms with Crippen LogP contribution in [-0.4, -0.2) is 13.2 Å². The van der Waals surface area contributed by atoms with Crippen LogP contribution in [0, 0.1) is 0 Å². The molecule has 1 rings (SSSR count). The Balaban J connectivity index is 2.65. The van der Waals surface area contributed by atoms with Gasteiger partial charge in [-0.25, -0.2) is 0 Å². The lowest BCUT2D eigenvalue weighted by Crippen LogP contribution is -2.31. The zero-order chi connectivity index (χ0) is 13.4. The second kappa shape index (κ2) is 8.15. The van der Waals surface area contributed by atoms with Gasteiger partial charge >= 0.3 is 0 Å². The summed E-state index contributed by atoms with van der Waals surface area (Å²) < 4.78 is 5.42. The molecule has 0 radical (unpaired) electrons. The van der Waals surface area contributed by atoms with Crippen molar-refractivity contribution in [2.45, 2.75) is 58.5 Å². The van der Waals surface area contributed by atoms with Crippen LogP contribution in [0.1, 0.15) is 58.1 Å². The average molecular weight is 249 g/mol. The van der Waals surface area contributed by atoms with Crippen molar-refractivity contribution < 1.29 is 4.74 Å². The van der Waals surface area contributed by atoms with Gasteiger partial charge in [-0.05, 0) is 25.8 Å². The third-order valence-corrected chi connectivity index (χ3v) is 3.49. The number of para-hydroxylation sites is 1. The molecule has 1 aromatic carbocycles. The lowest BCUT2D eigenvalue weighted by molar-refractivity contribution is 0.380. The second-order valence-corrected chi connectivity index (χ2v) is 4.88. The summed E-state index contributed by atoms with van der Waals surface area (Å²) in [6, 6.07) is 9.20. The Kier molecular flexibility index (Phi) is 6.81. The summed E-state index contributed by atoms with van der Waals surface area (Å²) in [5, 5.41) is 3.71. The van der Waals surface area contributed by atoms with Gasteiger partial charge in [-0.1, -0.05) is 44.9 Å². The topological polar surface area (TPSA) is 21.3 Å². The van der Waals surface area contributed by atoms with Gasteiger partial charge in [0, 0.05) is 17.6 Å². The van der Waals surface area contributed by atoms with Crippen molar-refractivity contribution in [3.63, 3.8) is 0 Å². The van der Waals surface area contributed by atoms with E-state index in [-0.39, 0.29) is 0 Å². The summed E-state index contributed by atoms with van der Waals surface area (Å²) in [6.45, 7) is 6.71. The molecule has 1 N–H and O–H groups in total. The minimum Gasteiger partial charge on any atom is -0.496 e. The summed E-state index contributed by atoms with van der Waals surface area (Å²) in [7, 11) is 1.74. The number of rotatable bonds is 8. The smallest absolute Gasteiger partial charge is 0.123 e. The van der Waals surface area contributed by atoms with Crippen LogP contribution in [0.5, 0.6) is 5.75 Å². The number of hydrogen-bond acceptors (Lipinski definition) is 2. The Labute approximate surface area is 112 Å². The fourth-order valence-electron chi connectivity index (χ4n) is 2.32. The number of ether oxygens (including phenoxy) is 1. The lowest BCUT2D eigenvalue weighted by atomic mass is 10.0. The maximum atomic E-state index is 5.42. The molecule has 102 valence electrons. The zero-order valence-corrected chi connectivity index (χ0v) is 12.2. The minimum atomic E-state index is 0.336. The molecule has 0 aromatic heterocycles. The third-order valence-electron chi connectivity index (χ3n) is 3.49. The van der Waals surface area contributed by atoms with Gasteiger partial charge in [0.15, 0.2) is 0 Å². The van der Waals surface area contributed by atoms with Gasteiger partial charge in [0.2, 0.25) is 0 Å². The number of benzene rings is 1. The van der Waals surface area contributed by atoms with E-state index in [4.69, 9.17) is 4.74 Å². The third kappa shape index (κ3) is 4.34. The molecule has 0 heterocycles. The van der Waals surface area contributed by atoms with Crippen molar-refractivity contribution in [2.75, 3.05) is 7.11 Å². The molecule has 2 unspecified atom stereocenters. The number of methoxy groups -OCH3 is 1. The molecule has 0 spiro atoms. The SMILES string of the molecule is CCCCC(CC)NC(C)c1ccccc1OC. The van der Waals surface area contributed by atoms with Crippen LogP contribution in [0.4, 0.5) is 0 Å². The fourth-order valence-corrected chi connectivity index (χ4v) is 2.32. The van der Waals surface area contributed by atoms with Crippen molar-refractivity contribution in [3.8, 4) is 5.75 Å². The summed E-state index contributed by atoms with van der Waals surface area (Å²) in [4.78, 5) is 0. The molecule has 18 heavy (non-hydrogen) atoms. The Morgan fingerprint density at radius 1 is 1.22 bits per heavy atom. The van der Waals surface area contributed by atoms with E-state index in [0.29, 0.717) is 12.1 Å². The van der Waals surface area contributed by atoms with Crippen LogP contribution in [0.15, 0.2) is 24.3 Å². The van der Waals surface area contributed by atoms with Gasteiger partial charge in [0.05, 0.1) is 7.11 Å². The monoisotopic (exact) mass is 249 g/mol. The van der Waals surface area contributed by atoms with Crippen LogP contribution in [-0.2, 0) is 0 Å². The van der Waals surface area contributed by atoms with E-state index < -0.39 is 0 Å². The molecule has 2 nitrogen and oxygen atoms in total. The van der Waals surface area contributed by atoms with E-state index in [0.717, 1.165) is 5.75 Å². The van der Waals surface area contributed by atoms with E-state index in [9.17, 15) is 0 Å². The molecule has 0 fully saturated rings. The van der Waals surface area contributed by atoms with Crippen LogP contribution in [0.25, 0.3) is 0 Å². The van der Waals surface area contributed by atoms with Gasteiger partial charge in [0.1, 0.15) is 5.75 Å². The first-order valence-corrected chi connectivity index (χ1v) is 7.11. The molecule has 0 aliphatic carbocycles. The summed E-state index contributed by atoms with van der Waals surface area (Å²) in [6.07, 6.45) is 5.00. The van der Waals surface area contributed by atoms with Crippen molar-refractivity contribution in [2.24, 2.45) is 0 Å². The van der Waals surface area contributed by atoms with Crippen molar-refractivity contribution in [1.29, 1.82) is 0 Å². The normalized spacial score (nSPS) is 14.2. The van der Waals surface area contributed by atoms with Gasteiger partial charge < -0.3 is 10.1 Å². The summed E-state index contributed by atoms with van der Waals surface area (Å²) >= 11 is 0. The maximum Gasteiger partial charge on any atom is 0.123 e. The quantitative estimate of drug-likeness (QED) is 0.741. The molecule has 0 aliphatic rings. The van der Waals surface area contributed by atoms with Crippen LogP contribution >= 0.6 is 0 Å². The van der Waals surface area contributed by atoms with E-state index in [2.05, 4.69) is 38.2 Å². The molecule has 0 amide bonds. The van der Waals surface area contributed by atoms with E-state index in [1.165, 1.54) is 31.2 Å². The Morgan fingerprint density at radius 3 is 2.56 bits per heavy atom. The van der Waals surface area contributed by atoms with Gasteiger partial charge in [-0.15, -0.1) is 0 Å². The molecule has 2 heteroatoms. The van der Waals surface area contributed by atoms with E-state index in [1.54, 1.807) is 7.11 Å². The highest BCUT2D eigenvalue weighted by Crippen LogP contribution is 2.25. The number of unbranched alkanes of at least 4 members (excludes halogenated alkanes) is 1. The Hall–Kier alpha value is -1.02. The zero-order valence-electron chi connectivity index (χ0n) is 12.2. The van der Waals surface area contributed by atoms with Crippen LogP contribution in [0.2, 0.25) is 0 Å². The number of nitrogens with one attached hydrogen (secondary N) is 1. The fraction of sp³-hybridized carbons (Fsp3) is 0.625. The predicted molar refractivity (Wildman–Crippen MR) is 78.1 cm³/mol. The number of hydrogen-bond donors (Lipinski definition) is 1. The molecular formula is C16H27NO. The minimum absolute atomic E-state index is 0.336. The first-order chi connectivity index (χ1) is 8.72. The molecule has 0 bridgehead atoms. The highest BCUT2D eigenvalue weighted by atomic mass is 16.5. The molecule has 0 saturated carbocycles. The standard InChI is InChI=1S/C16H27NO/c1-5-7-10-14(6-2)17-13(3)15-11-8-9-12-16(15)18-4/h8-9,11-14,17H,5-7,10H2,1-4H3. The van der Waals surface area contributed by atoms with Crippen LogP contribution in [0.3, 0.4) is 0 Å². The van der Waals surface area contributed by atoms with Gasteiger partial charge in [-0.3, -0.25) is 0 Å². The Bertz CT molecular complexity index is 338. The maximum absolute atomic E-state index is 5.42. The highest BCUT2D eigenvalue weighted by molar-refractivity contribution is 5.35. The predicted octanol–water partition coefficient (Wildman–Crippen LogP) is 4.31. The van der Waals surface area contributed by atoms with Crippen molar-refractivity contribution in [3.05, 3.63) is 29.8 Å². The summed E-state index contributed by atoms with van der Waals surface area (Å²) in [5.41, 5.74) is 1.25. The molecule has 0 aliphatic heterocycles. The van der Waals surface area contributed by atoms with Gasteiger partial charge in [-0.2, -0.15) is 0 Å². The molecule has 1 aromatic rings. The van der Waals surface area contributed by atoms with Crippen molar-refractivity contribution >= 4 is 0 Å². The Morgan fingerprint density at radius 2 is 1.94 bits per heavy atom. The largest absolute Gasteiger partial charge is 0.496 e. The first-order valence-electron chi connectivity index (χ1n) is 7.11. The van der Waals surface area contributed by atoms with Gasteiger partial charge in [0.25, 0.3) is 0 Å². The lowest BCUT2D eigenvalue weighted by Gasteiger charge is -2.23.